The van der Waals surface area contributed by atoms with E-state index in [2.05, 4.69) is 10.1 Å². The monoisotopic (exact) mass is 334 g/mol. The lowest BCUT2D eigenvalue weighted by atomic mass is 10.00. The predicted octanol–water partition coefficient (Wildman–Crippen LogP) is 3.14. The predicted molar refractivity (Wildman–Crippen MR) is 96.5 cm³/mol. The van der Waals surface area contributed by atoms with Crippen molar-refractivity contribution in [2.45, 2.75) is 26.8 Å². The van der Waals surface area contributed by atoms with Crippen molar-refractivity contribution < 1.29 is 4.42 Å². The van der Waals surface area contributed by atoms with E-state index in [0.717, 1.165) is 11.1 Å². The second-order valence-corrected chi connectivity index (χ2v) is 6.35. The molecule has 1 unspecified atom stereocenters. The Morgan fingerprint density at radius 1 is 1.28 bits per heavy atom. The van der Waals surface area contributed by atoms with Gasteiger partial charge >= 0.3 is 0 Å². The molecule has 0 amide bonds. The maximum atomic E-state index is 13.0. The van der Waals surface area contributed by atoms with E-state index in [1.807, 2.05) is 26.0 Å². The number of hydrogen-bond donors (Lipinski definition) is 1. The Balaban J connectivity index is 2.12. The van der Waals surface area contributed by atoms with Crippen LogP contribution in [0.2, 0.25) is 0 Å². The van der Waals surface area contributed by atoms with Gasteiger partial charge in [0.1, 0.15) is 11.3 Å². The fraction of sp³-hybridized carbons (Fsp3) is 0.211. The van der Waals surface area contributed by atoms with Crippen LogP contribution < -0.4 is 11.2 Å². The molecule has 0 aliphatic carbocycles. The SMILES string of the molecule is Cc1cc(C(C)N)c2oc(-c3cnn4cccnc34)c(C)c(=O)c2c1. The van der Waals surface area contributed by atoms with Crippen LogP contribution in [-0.2, 0) is 0 Å². The van der Waals surface area contributed by atoms with E-state index in [1.54, 1.807) is 36.1 Å². The maximum Gasteiger partial charge on any atom is 0.196 e. The molecule has 0 aliphatic heterocycles. The zero-order chi connectivity index (χ0) is 17.7. The lowest BCUT2D eigenvalue weighted by Crippen LogP contribution is -2.12. The van der Waals surface area contributed by atoms with Gasteiger partial charge in [0.25, 0.3) is 0 Å². The molecule has 0 saturated carbocycles. The molecule has 0 bridgehead atoms. The minimum atomic E-state index is -0.247. The van der Waals surface area contributed by atoms with Gasteiger partial charge in [-0.25, -0.2) is 9.50 Å². The molecule has 0 saturated heterocycles. The second-order valence-electron chi connectivity index (χ2n) is 6.35. The van der Waals surface area contributed by atoms with Crippen molar-refractivity contribution in [3.05, 3.63) is 63.7 Å². The first-order valence-corrected chi connectivity index (χ1v) is 8.09. The summed E-state index contributed by atoms with van der Waals surface area (Å²) in [6.07, 6.45) is 5.15. The standard InChI is InChI=1S/C19H18N4O2/c1-10-7-13(12(3)20)18-14(8-10)16(24)11(2)17(25-18)15-9-22-23-6-4-5-21-19(15)23/h4-9,12H,20H2,1-3H3. The van der Waals surface area contributed by atoms with Gasteiger partial charge in [-0.2, -0.15) is 5.10 Å². The number of fused-ring (bicyclic) bond motifs is 2. The van der Waals surface area contributed by atoms with Gasteiger partial charge in [-0.05, 0) is 38.5 Å². The molecule has 3 aromatic heterocycles. The minimum Gasteiger partial charge on any atom is -0.455 e. The first kappa shape index (κ1) is 15.5. The van der Waals surface area contributed by atoms with Crippen LogP contribution in [-0.4, -0.2) is 14.6 Å². The summed E-state index contributed by atoms with van der Waals surface area (Å²) >= 11 is 0. The molecule has 0 aliphatic rings. The van der Waals surface area contributed by atoms with Crippen LogP contribution in [0.1, 0.15) is 29.7 Å². The van der Waals surface area contributed by atoms with Crippen molar-refractivity contribution in [1.82, 2.24) is 14.6 Å². The number of nitrogens with zero attached hydrogens (tertiary/aromatic N) is 3. The number of rotatable bonds is 2. The Morgan fingerprint density at radius 2 is 2.08 bits per heavy atom. The van der Waals surface area contributed by atoms with Crippen molar-refractivity contribution in [1.29, 1.82) is 0 Å². The summed E-state index contributed by atoms with van der Waals surface area (Å²) in [7, 11) is 0. The maximum absolute atomic E-state index is 13.0. The number of benzene rings is 1. The van der Waals surface area contributed by atoms with E-state index >= 15 is 0 Å². The summed E-state index contributed by atoms with van der Waals surface area (Å²) in [5.41, 5.74) is 10.2. The van der Waals surface area contributed by atoms with Gasteiger partial charge in [-0.1, -0.05) is 6.07 Å². The molecule has 1 atom stereocenters. The largest absolute Gasteiger partial charge is 0.455 e. The fourth-order valence-corrected chi connectivity index (χ4v) is 3.15. The zero-order valence-electron chi connectivity index (χ0n) is 14.3. The van der Waals surface area contributed by atoms with Crippen LogP contribution in [0.25, 0.3) is 27.9 Å². The van der Waals surface area contributed by atoms with E-state index in [4.69, 9.17) is 10.2 Å². The molecule has 0 fully saturated rings. The van der Waals surface area contributed by atoms with E-state index < -0.39 is 0 Å². The molecule has 25 heavy (non-hydrogen) atoms. The lowest BCUT2D eigenvalue weighted by Gasteiger charge is -2.13. The Labute approximate surface area is 143 Å². The normalized spacial score (nSPS) is 12.8. The first-order chi connectivity index (χ1) is 12.0. The van der Waals surface area contributed by atoms with Crippen molar-refractivity contribution in [2.75, 3.05) is 0 Å². The van der Waals surface area contributed by atoms with Gasteiger partial charge in [0.15, 0.2) is 11.1 Å². The van der Waals surface area contributed by atoms with E-state index in [1.165, 1.54) is 0 Å². The molecular weight excluding hydrogens is 316 g/mol. The van der Waals surface area contributed by atoms with E-state index in [9.17, 15) is 4.79 Å². The van der Waals surface area contributed by atoms with Crippen molar-refractivity contribution in [3.8, 4) is 11.3 Å². The quantitative estimate of drug-likeness (QED) is 0.608. The molecule has 3 heterocycles. The molecule has 0 spiro atoms. The molecule has 126 valence electrons. The van der Waals surface area contributed by atoms with Crippen molar-refractivity contribution >= 4 is 16.6 Å². The fourth-order valence-electron chi connectivity index (χ4n) is 3.15. The summed E-state index contributed by atoms with van der Waals surface area (Å²) in [5.74, 6) is 0.483. The summed E-state index contributed by atoms with van der Waals surface area (Å²) in [6.45, 7) is 5.59. The highest BCUT2D eigenvalue weighted by Crippen LogP contribution is 2.31. The molecule has 4 rings (SSSR count). The molecule has 4 aromatic rings. The molecular formula is C19H18N4O2. The minimum absolute atomic E-state index is 0.0582. The summed E-state index contributed by atoms with van der Waals surface area (Å²) < 4.78 is 7.85. The van der Waals surface area contributed by atoms with Gasteiger partial charge in [0.05, 0.1) is 17.1 Å². The van der Waals surface area contributed by atoms with Crippen molar-refractivity contribution in [2.24, 2.45) is 5.73 Å². The van der Waals surface area contributed by atoms with Crippen LogP contribution in [0, 0.1) is 13.8 Å². The van der Waals surface area contributed by atoms with Gasteiger partial charge in [0, 0.05) is 29.6 Å². The number of nitrogens with two attached hydrogens (primary N) is 1. The zero-order valence-corrected chi connectivity index (χ0v) is 14.3. The van der Waals surface area contributed by atoms with Crippen LogP contribution >= 0.6 is 0 Å². The average molecular weight is 334 g/mol. The Hall–Kier alpha value is -2.99. The van der Waals surface area contributed by atoms with Crippen molar-refractivity contribution in [3.63, 3.8) is 0 Å². The highest BCUT2D eigenvalue weighted by molar-refractivity contribution is 5.86. The summed E-state index contributed by atoms with van der Waals surface area (Å²) in [5, 5.41) is 4.84. The smallest absolute Gasteiger partial charge is 0.196 e. The van der Waals surface area contributed by atoms with Crippen LogP contribution in [0.4, 0.5) is 0 Å². The Morgan fingerprint density at radius 3 is 2.84 bits per heavy atom. The van der Waals surface area contributed by atoms with Crippen LogP contribution in [0.15, 0.2) is 46.0 Å². The third kappa shape index (κ3) is 2.34. The number of aryl methyl sites for hydroxylation is 1. The Bertz CT molecular complexity index is 1170. The highest BCUT2D eigenvalue weighted by Gasteiger charge is 2.20. The third-order valence-corrected chi connectivity index (χ3v) is 4.41. The summed E-state index contributed by atoms with van der Waals surface area (Å²) in [6, 6.07) is 5.36. The van der Waals surface area contributed by atoms with Crippen LogP contribution in [0.3, 0.4) is 0 Å². The molecule has 6 nitrogen and oxygen atoms in total. The van der Waals surface area contributed by atoms with E-state index in [0.29, 0.717) is 33.5 Å². The van der Waals surface area contributed by atoms with Gasteiger partial charge < -0.3 is 10.2 Å². The number of aromatic nitrogens is 3. The third-order valence-electron chi connectivity index (χ3n) is 4.41. The molecule has 6 heteroatoms. The topological polar surface area (TPSA) is 86.4 Å². The second kappa shape index (κ2) is 5.53. The molecule has 1 aromatic carbocycles. The average Bonchev–Trinajstić information content (AvgIpc) is 3.01. The van der Waals surface area contributed by atoms with Gasteiger partial charge in [-0.3, -0.25) is 4.79 Å². The molecule has 0 radical (unpaired) electrons. The van der Waals surface area contributed by atoms with E-state index in [-0.39, 0.29) is 11.5 Å². The Kier molecular flexibility index (Phi) is 3.43. The molecule has 2 N–H and O–H groups in total. The highest BCUT2D eigenvalue weighted by atomic mass is 16.3. The summed E-state index contributed by atoms with van der Waals surface area (Å²) in [4.78, 5) is 17.3. The van der Waals surface area contributed by atoms with Gasteiger partial charge in [0.2, 0.25) is 0 Å². The first-order valence-electron chi connectivity index (χ1n) is 8.09. The van der Waals surface area contributed by atoms with Crippen LogP contribution in [0.5, 0.6) is 0 Å². The number of hydrogen-bond acceptors (Lipinski definition) is 5. The lowest BCUT2D eigenvalue weighted by molar-refractivity contribution is 0.604. The van der Waals surface area contributed by atoms with Gasteiger partial charge in [-0.15, -0.1) is 0 Å².